The Morgan fingerprint density at radius 2 is 2.12 bits per heavy atom. The van der Waals surface area contributed by atoms with Crippen LogP contribution in [0.15, 0.2) is 22.3 Å². The van der Waals surface area contributed by atoms with Crippen molar-refractivity contribution in [2.75, 3.05) is 31.2 Å². The van der Waals surface area contributed by atoms with E-state index in [1.54, 1.807) is 17.6 Å². The van der Waals surface area contributed by atoms with Crippen LogP contribution in [0.4, 0.5) is 5.00 Å². The maximum Gasteiger partial charge on any atom is 0.211 e. The number of anilines is 1. The SMILES string of the molecule is NC(N)=NN=Cc1ccc(N2CCOCC2)s1. The molecule has 0 amide bonds. The van der Waals surface area contributed by atoms with Gasteiger partial charge in [0, 0.05) is 18.0 Å². The lowest BCUT2D eigenvalue weighted by Crippen LogP contribution is -2.35. The van der Waals surface area contributed by atoms with Crippen molar-refractivity contribution >= 4 is 28.5 Å². The van der Waals surface area contributed by atoms with Gasteiger partial charge in [-0.1, -0.05) is 0 Å². The minimum atomic E-state index is -0.0359. The van der Waals surface area contributed by atoms with Crippen molar-refractivity contribution in [3.8, 4) is 0 Å². The first kappa shape index (κ1) is 11.9. The van der Waals surface area contributed by atoms with Crippen LogP contribution in [0.2, 0.25) is 0 Å². The Morgan fingerprint density at radius 3 is 2.82 bits per heavy atom. The van der Waals surface area contributed by atoms with Gasteiger partial charge < -0.3 is 21.1 Å². The maximum absolute atomic E-state index is 5.31. The van der Waals surface area contributed by atoms with E-state index in [4.69, 9.17) is 16.2 Å². The molecule has 17 heavy (non-hydrogen) atoms. The smallest absolute Gasteiger partial charge is 0.211 e. The molecule has 92 valence electrons. The van der Waals surface area contributed by atoms with Gasteiger partial charge in [-0.2, -0.15) is 5.10 Å². The molecule has 6 nitrogen and oxygen atoms in total. The van der Waals surface area contributed by atoms with Gasteiger partial charge in [-0.3, -0.25) is 0 Å². The number of nitrogens with two attached hydrogens (primary N) is 2. The topological polar surface area (TPSA) is 89.2 Å². The summed E-state index contributed by atoms with van der Waals surface area (Å²) in [5, 5.41) is 8.56. The molecule has 1 aromatic heterocycles. The Hall–Kier alpha value is -1.60. The first-order valence-electron chi connectivity index (χ1n) is 5.30. The molecule has 0 atom stereocenters. The van der Waals surface area contributed by atoms with E-state index in [2.05, 4.69) is 21.2 Å². The van der Waals surface area contributed by atoms with Gasteiger partial charge in [0.1, 0.15) is 0 Å². The second-order valence-electron chi connectivity index (χ2n) is 3.54. The van der Waals surface area contributed by atoms with Crippen molar-refractivity contribution in [1.29, 1.82) is 0 Å². The molecular formula is C10H15N5OS. The average molecular weight is 253 g/mol. The largest absolute Gasteiger partial charge is 0.378 e. The monoisotopic (exact) mass is 253 g/mol. The summed E-state index contributed by atoms with van der Waals surface area (Å²) in [6.45, 7) is 3.45. The third-order valence-corrected chi connectivity index (χ3v) is 3.37. The molecule has 1 saturated heterocycles. The van der Waals surface area contributed by atoms with Gasteiger partial charge in [0.15, 0.2) is 0 Å². The van der Waals surface area contributed by atoms with Crippen molar-refractivity contribution in [2.45, 2.75) is 0 Å². The lowest BCUT2D eigenvalue weighted by Gasteiger charge is -2.27. The highest BCUT2D eigenvalue weighted by molar-refractivity contribution is 7.17. The normalized spacial score (nSPS) is 16.4. The third kappa shape index (κ3) is 3.43. The molecule has 1 fully saturated rings. The highest BCUT2D eigenvalue weighted by Crippen LogP contribution is 2.25. The number of hydrogen-bond acceptors (Lipinski definition) is 5. The van der Waals surface area contributed by atoms with Crippen molar-refractivity contribution in [3.05, 3.63) is 17.0 Å². The summed E-state index contributed by atoms with van der Waals surface area (Å²) in [7, 11) is 0. The number of thiophene rings is 1. The maximum atomic E-state index is 5.31. The first-order valence-corrected chi connectivity index (χ1v) is 6.12. The Labute approximate surface area is 104 Å². The lowest BCUT2D eigenvalue weighted by atomic mass is 10.4. The fourth-order valence-corrected chi connectivity index (χ4v) is 2.44. The number of hydrogen-bond donors (Lipinski definition) is 2. The summed E-state index contributed by atoms with van der Waals surface area (Å²) in [6, 6.07) is 4.08. The van der Waals surface area contributed by atoms with E-state index in [1.807, 2.05) is 6.07 Å². The predicted molar refractivity (Wildman–Crippen MR) is 70.8 cm³/mol. The van der Waals surface area contributed by atoms with Crippen molar-refractivity contribution < 1.29 is 4.74 Å². The molecule has 0 aliphatic carbocycles. The molecular weight excluding hydrogens is 238 g/mol. The summed E-state index contributed by atoms with van der Waals surface area (Å²) in [4.78, 5) is 3.32. The van der Waals surface area contributed by atoms with E-state index >= 15 is 0 Å². The van der Waals surface area contributed by atoms with Crippen LogP contribution >= 0.6 is 11.3 Å². The predicted octanol–water partition coefficient (Wildman–Crippen LogP) is 0.192. The highest BCUT2D eigenvalue weighted by atomic mass is 32.1. The zero-order valence-corrected chi connectivity index (χ0v) is 10.2. The Balaban J connectivity index is 2.00. The molecule has 2 rings (SSSR count). The number of guanidine groups is 1. The van der Waals surface area contributed by atoms with Gasteiger partial charge >= 0.3 is 0 Å². The minimum Gasteiger partial charge on any atom is -0.378 e. The first-order chi connectivity index (χ1) is 8.25. The molecule has 1 aliphatic heterocycles. The van der Waals surface area contributed by atoms with Gasteiger partial charge in [0.25, 0.3) is 0 Å². The molecule has 0 radical (unpaired) electrons. The molecule has 1 aliphatic rings. The van der Waals surface area contributed by atoms with E-state index in [0.717, 1.165) is 31.2 Å². The second kappa shape index (κ2) is 5.65. The summed E-state index contributed by atoms with van der Waals surface area (Å²) in [5.41, 5.74) is 10.3. The van der Waals surface area contributed by atoms with E-state index in [9.17, 15) is 0 Å². The molecule has 0 bridgehead atoms. The van der Waals surface area contributed by atoms with Crippen LogP contribution < -0.4 is 16.4 Å². The van der Waals surface area contributed by atoms with Crippen LogP contribution in [-0.2, 0) is 4.74 Å². The van der Waals surface area contributed by atoms with E-state index < -0.39 is 0 Å². The summed E-state index contributed by atoms with van der Waals surface area (Å²) < 4.78 is 5.31. The average Bonchev–Trinajstić information content (AvgIpc) is 2.78. The summed E-state index contributed by atoms with van der Waals surface area (Å²) >= 11 is 1.66. The lowest BCUT2D eigenvalue weighted by molar-refractivity contribution is 0.123. The fourth-order valence-electron chi connectivity index (χ4n) is 1.52. The summed E-state index contributed by atoms with van der Waals surface area (Å²) in [5.74, 6) is -0.0359. The molecule has 7 heteroatoms. The van der Waals surface area contributed by atoms with Gasteiger partial charge in [-0.05, 0) is 12.1 Å². The highest BCUT2D eigenvalue weighted by Gasteiger charge is 2.12. The van der Waals surface area contributed by atoms with Crippen LogP contribution in [0.1, 0.15) is 4.88 Å². The van der Waals surface area contributed by atoms with Crippen LogP contribution in [0.5, 0.6) is 0 Å². The van der Waals surface area contributed by atoms with Crippen LogP contribution in [0.25, 0.3) is 0 Å². The molecule has 4 N–H and O–H groups in total. The van der Waals surface area contributed by atoms with Gasteiger partial charge in [0.05, 0.1) is 24.4 Å². The number of nitrogens with zero attached hydrogens (tertiary/aromatic N) is 3. The molecule has 0 unspecified atom stereocenters. The van der Waals surface area contributed by atoms with Crippen LogP contribution in [0, 0.1) is 0 Å². The van der Waals surface area contributed by atoms with E-state index in [-0.39, 0.29) is 5.96 Å². The molecule has 0 saturated carbocycles. The van der Waals surface area contributed by atoms with Crippen LogP contribution in [-0.4, -0.2) is 38.5 Å². The number of morpholine rings is 1. The van der Waals surface area contributed by atoms with Crippen molar-refractivity contribution in [1.82, 2.24) is 0 Å². The third-order valence-electron chi connectivity index (χ3n) is 2.29. The molecule has 2 heterocycles. The minimum absolute atomic E-state index is 0.0359. The summed E-state index contributed by atoms with van der Waals surface area (Å²) in [6.07, 6.45) is 1.65. The molecule has 0 spiro atoms. The molecule has 0 aromatic carbocycles. The fraction of sp³-hybridized carbons (Fsp3) is 0.400. The van der Waals surface area contributed by atoms with Gasteiger partial charge in [-0.15, -0.1) is 16.4 Å². The Kier molecular flexibility index (Phi) is 3.94. The molecule has 1 aromatic rings. The van der Waals surface area contributed by atoms with Crippen LogP contribution in [0.3, 0.4) is 0 Å². The second-order valence-corrected chi connectivity index (χ2v) is 4.64. The zero-order valence-electron chi connectivity index (χ0n) is 9.37. The quantitative estimate of drug-likeness (QED) is 0.457. The van der Waals surface area contributed by atoms with Crippen molar-refractivity contribution in [2.24, 2.45) is 21.7 Å². The Morgan fingerprint density at radius 1 is 1.35 bits per heavy atom. The van der Waals surface area contributed by atoms with Gasteiger partial charge in [0.2, 0.25) is 5.96 Å². The van der Waals surface area contributed by atoms with E-state index in [0.29, 0.717) is 0 Å². The number of ether oxygens (including phenoxy) is 1. The standard InChI is InChI=1S/C10H15N5OS/c11-10(12)14-13-7-8-1-2-9(17-8)15-3-5-16-6-4-15/h1-2,7H,3-6H2,(H4,11,12,14). The number of rotatable bonds is 3. The van der Waals surface area contributed by atoms with Crippen molar-refractivity contribution in [3.63, 3.8) is 0 Å². The zero-order chi connectivity index (χ0) is 12.1. The Bertz CT molecular complexity index is 418. The van der Waals surface area contributed by atoms with Gasteiger partial charge in [-0.25, -0.2) is 0 Å². The van der Waals surface area contributed by atoms with E-state index in [1.165, 1.54) is 5.00 Å².